The molecule has 1 atom stereocenters. The number of aryl methyl sites for hydroxylation is 3. The van der Waals surface area contributed by atoms with Crippen LogP contribution in [0.4, 0.5) is 5.82 Å². The number of nitrogens with zero attached hydrogens (tertiary/aromatic N) is 6. The van der Waals surface area contributed by atoms with Crippen molar-refractivity contribution >= 4 is 11.7 Å². The highest BCUT2D eigenvalue weighted by molar-refractivity contribution is 5.95. The molecule has 1 aliphatic carbocycles. The quantitative estimate of drug-likeness (QED) is 0.708. The standard InChI is InChI=1S/C25H36N6O/c1-17-20(15-29(3)28-17)16-30-13-7-10-22(30)24-26-18(2)21-11-12-23(32)31(25(21)27-24)14-19-8-5-4-6-9-19/h15,19,22H,4-14,16H2,1-3H3. The molecule has 32 heavy (non-hydrogen) atoms. The van der Waals surface area contributed by atoms with Crippen LogP contribution in [0.5, 0.6) is 0 Å². The van der Waals surface area contributed by atoms with Crippen LogP contribution in [0.15, 0.2) is 6.20 Å². The van der Waals surface area contributed by atoms with Crippen molar-refractivity contribution < 1.29 is 4.79 Å². The summed E-state index contributed by atoms with van der Waals surface area (Å²) >= 11 is 0. The van der Waals surface area contributed by atoms with Gasteiger partial charge in [0.25, 0.3) is 0 Å². The summed E-state index contributed by atoms with van der Waals surface area (Å²) in [5.74, 6) is 2.64. The molecular formula is C25H36N6O. The lowest BCUT2D eigenvalue weighted by Crippen LogP contribution is -2.40. The van der Waals surface area contributed by atoms with E-state index in [0.717, 1.165) is 61.9 Å². The molecule has 4 heterocycles. The Labute approximate surface area is 191 Å². The molecule has 2 aliphatic heterocycles. The van der Waals surface area contributed by atoms with Gasteiger partial charge in [-0.3, -0.25) is 19.3 Å². The van der Waals surface area contributed by atoms with Crippen molar-refractivity contribution in [2.75, 3.05) is 18.0 Å². The van der Waals surface area contributed by atoms with Crippen molar-refractivity contribution in [3.05, 3.63) is 34.5 Å². The van der Waals surface area contributed by atoms with E-state index in [1.807, 2.05) is 16.6 Å². The van der Waals surface area contributed by atoms with Crippen molar-refractivity contribution in [2.24, 2.45) is 13.0 Å². The monoisotopic (exact) mass is 436 g/mol. The number of anilines is 1. The zero-order valence-electron chi connectivity index (χ0n) is 19.8. The number of amides is 1. The average molecular weight is 437 g/mol. The van der Waals surface area contributed by atoms with E-state index in [1.165, 1.54) is 43.2 Å². The van der Waals surface area contributed by atoms with Crippen LogP contribution in [0, 0.1) is 19.8 Å². The van der Waals surface area contributed by atoms with Gasteiger partial charge in [0.15, 0.2) is 0 Å². The molecule has 1 saturated heterocycles. The third-order valence-electron chi connectivity index (χ3n) is 7.67. The summed E-state index contributed by atoms with van der Waals surface area (Å²) in [6, 6.07) is 0.201. The second kappa shape index (κ2) is 8.93. The topological polar surface area (TPSA) is 67.2 Å². The van der Waals surface area contributed by atoms with Crippen LogP contribution in [-0.2, 0) is 24.8 Å². The van der Waals surface area contributed by atoms with Crippen LogP contribution in [-0.4, -0.2) is 43.6 Å². The lowest BCUT2D eigenvalue weighted by molar-refractivity contribution is -0.119. The highest BCUT2D eigenvalue weighted by Gasteiger charge is 2.34. The van der Waals surface area contributed by atoms with Gasteiger partial charge in [0.05, 0.1) is 11.7 Å². The molecule has 0 aromatic carbocycles. The minimum Gasteiger partial charge on any atom is -0.296 e. The molecule has 1 saturated carbocycles. The number of fused-ring (bicyclic) bond motifs is 1. The van der Waals surface area contributed by atoms with Gasteiger partial charge < -0.3 is 0 Å². The summed E-state index contributed by atoms with van der Waals surface area (Å²) in [6.07, 6.45) is 12.1. The zero-order chi connectivity index (χ0) is 22.2. The van der Waals surface area contributed by atoms with E-state index < -0.39 is 0 Å². The SMILES string of the molecule is Cc1nn(C)cc1CN1CCCC1c1nc(C)c2c(n1)N(CC1CCCCC1)C(=O)CC2. The molecule has 2 aromatic rings. The van der Waals surface area contributed by atoms with E-state index in [0.29, 0.717) is 12.3 Å². The number of hydrogen-bond donors (Lipinski definition) is 0. The van der Waals surface area contributed by atoms with Crippen molar-refractivity contribution in [1.82, 2.24) is 24.6 Å². The molecular weight excluding hydrogens is 400 g/mol. The predicted octanol–water partition coefficient (Wildman–Crippen LogP) is 4.02. The fourth-order valence-corrected chi connectivity index (χ4v) is 5.90. The summed E-state index contributed by atoms with van der Waals surface area (Å²) in [7, 11) is 1.98. The first-order valence-corrected chi connectivity index (χ1v) is 12.4. The Bertz CT molecular complexity index is 993. The van der Waals surface area contributed by atoms with Crippen LogP contribution >= 0.6 is 0 Å². The maximum absolute atomic E-state index is 13.0. The highest BCUT2D eigenvalue weighted by atomic mass is 16.2. The number of carbonyl (C=O) groups is 1. The van der Waals surface area contributed by atoms with Crippen molar-refractivity contribution in [2.45, 2.75) is 84.2 Å². The van der Waals surface area contributed by atoms with Gasteiger partial charge in [-0.05, 0) is 58.4 Å². The molecule has 2 fully saturated rings. The molecule has 172 valence electrons. The van der Waals surface area contributed by atoms with Crippen LogP contribution in [0.25, 0.3) is 0 Å². The molecule has 2 aromatic heterocycles. The maximum atomic E-state index is 13.0. The van der Waals surface area contributed by atoms with Crippen LogP contribution < -0.4 is 4.90 Å². The van der Waals surface area contributed by atoms with Gasteiger partial charge in [0.1, 0.15) is 11.6 Å². The fraction of sp³-hybridized carbons (Fsp3) is 0.680. The van der Waals surface area contributed by atoms with Gasteiger partial charge in [0, 0.05) is 49.6 Å². The first kappa shape index (κ1) is 21.6. The van der Waals surface area contributed by atoms with Gasteiger partial charge in [-0.1, -0.05) is 19.3 Å². The molecule has 0 radical (unpaired) electrons. The molecule has 0 spiro atoms. The Balaban J connectivity index is 1.43. The largest absolute Gasteiger partial charge is 0.296 e. The third kappa shape index (κ3) is 4.19. The lowest BCUT2D eigenvalue weighted by atomic mass is 9.88. The molecule has 0 N–H and O–H groups in total. The van der Waals surface area contributed by atoms with Crippen molar-refractivity contribution in [3.63, 3.8) is 0 Å². The number of rotatable bonds is 5. The second-order valence-corrected chi connectivity index (χ2v) is 10.0. The Kier molecular flexibility index (Phi) is 6.01. The molecule has 1 amide bonds. The van der Waals surface area contributed by atoms with E-state index >= 15 is 0 Å². The lowest BCUT2D eigenvalue weighted by Gasteiger charge is -2.34. The van der Waals surface area contributed by atoms with Gasteiger partial charge in [-0.15, -0.1) is 0 Å². The van der Waals surface area contributed by atoms with Crippen LogP contribution in [0.1, 0.15) is 85.7 Å². The third-order valence-corrected chi connectivity index (χ3v) is 7.67. The molecule has 1 unspecified atom stereocenters. The van der Waals surface area contributed by atoms with Crippen molar-refractivity contribution in [1.29, 1.82) is 0 Å². The van der Waals surface area contributed by atoms with Gasteiger partial charge in [-0.25, -0.2) is 9.97 Å². The smallest absolute Gasteiger partial charge is 0.228 e. The van der Waals surface area contributed by atoms with Crippen LogP contribution in [0.2, 0.25) is 0 Å². The summed E-state index contributed by atoms with van der Waals surface area (Å²) in [4.78, 5) is 27.6. The summed E-state index contributed by atoms with van der Waals surface area (Å²) in [5, 5.41) is 4.51. The van der Waals surface area contributed by atoms with E-state index in [2.05, 4.69) is 30.0 Å². The predicted molar refractivity (Wildman–Crippen MR) is 124 cm³/mol. The molecule has 5 rings (SSSR count). The van der Waals surface area contributed by atoms with E-state index in [1.54, 1.807) is 0 Å². The van der Waals surface area contributed by atoms with Crippen LogP contribution in [0.3, 0.4) is 0 Å². The zero-order valence-corrected chi connectivity index (χ0v) is 19.8. The molecule has 7 heteroatoms. The summed E-state index contributed by atoms with van der Waals surface area (Å²) in [6.45, 7) is 6.92. The number of likely N-dealkylation sites (tertiary alicyclic amines) is 1. The number of hydrogen-bond acceptors (Lipinski definition) is 5. The minimum absolute atomic E-state index is 0.201. The summed E-state index contributed by atoms with van der Waals surface area (Å²) < 4.78 is 1.89. The fourth-order valence-electron chi connectivity index (χ4n) is 5.90. The first-order chi connectivity index (χ1) is 15.5. The van der Waals surface area contributed by atoms with Gasteiger partial charge >= 0.3 is 0 Å². The number of carbonyl (C=O) groups excluding carboxylic acids is 1. The van der Waals surface area contributed by atoms with E-state index in [9.17, 15) is 4.79 Å². The van der Waals surface area contributed by atoms with Gasteiger partial charge in [-0.2, -0.15) is 5.10 Å². The van der Waals surface area contributed by atoms with E-state index in [4.69, 9.17) is 9.97 Å². The second-order valence-electron chi connectivity index (χ2n) is 10.0. The van der Waals surface area contributed by atoms with E-state index in [-0.39, 0.29) is 11.9 Å². The van der Waals surface area contributed by atoms with Gasteiger partial charge in [0.2, 0.25) is 5.91 Å². The normalized spacial score (nSPS) is 22.5. The Hall–Kier alpha value is -2.28. The number of aromatic nitrogens is 4. The Morgan fingerprint density at radius 1 is 1.00 bits per heavy atom. The first-order valence-electron chi connectivity index (χ1n) is 12.4. The maximum Gasteiger partial charge on any atom is 0.228 e. The Morgan fingerprint density at radius 2 is 1.81 bits per heavy atom. The average Bonchev–Trinajstić information content (AvgIpc) is 3.36. The molecule has 0 bridgehead atoms. The highest BCUT2D eigenvalue weighted by Crippen LogP contribution is 2.36. The molecule has 7 nitrogen and oxygen atoms in total. The minimum atomic E-state index is 0.201. The summed E-state index contributed by atoms with van der Waals surface area (Å²) in [5.41, 5.74) is 4.58. The van der Waals surface area contributed by atoms with Crippen molar-refractivity contribution in [3.8, 4) is 0 Å². The Morgan fingerprint density at radius 3 is 2.56 bits per heavy atom. The molecule has 3 aliphatic rings.